The topological polar surface area (TPSA) is 40.5 Å². The normalized spacial score (nSPS) is 25.2. The van der Waals surface area contributed by atoms with Crippen LogP contribution in [0.2, 0.25) is 0 Å². The number of amides is 1. The molecule has 1 aromatic carbocycles. The van der Waals surface area contributed by atoms with Gasteiger partial charge in [-0.05, 0) is 40.7 Å². The van der Waals surface area contributed by atoms with Crippen molar-refractivity contribution in [3.8, 4) is 0 Å². The standard InChI is InChI=1S/C18H25NO2S/c1-17(2,3)15-5-4-13-6-8-19(11-14(13)10-15)16(20)18(21)7-9-22-12-18/h4-5,10,21H,6-9,11-12H2,1-3H3. The van der Waals surface area contributed by atoms with Crippen molar-refractivity contribution in [2.75, 3.05) is 18.1 Å². The third-order valence-electron chi connectivity index (χ3n) is 4.77. The van der Waals surface area contributed by atoms with Crippen molar-refractivity contribution in [2.24, 2.45) is 0 Å². The van der Waals surface area contributed by atoms with E-state index in [2.05, 4.69) is 39.0 Å². The third kappa shape index (κ3) is 2.91. The van der Waals surface area contributed by atoms with Crippen molar-refractivity contribution in [1.29, 1.82) is 0 Å². The highest BCUT2D eigenvalue weighted by Crippen LogP contribution is 2.32. The van der Waals surface area contributed by atoms with Crippen LogP contribution in [0.4, 0.5) is 0 Å². The number of carbonyl (C=O) groups excluding carboxylic acids is 1. The van der Waals surface area contributed by atoms with Crippen LogP contribution in [-0.2, 0) is 23.2 Å². The molecule has 3 rings (SSSR count). The first-order valence-corrected chi connectivity index (χ1v) is 9.17. The molecule has 120 valence electrons. The van der Waals surface area contributed by atoms with Crippen LogP contribution >= 0.6 is 11.8 Å². The van der Waals surface area contributed by atoms with Gasteiger partial charge >= 0.3 is 0 Å². The minimum Gasteiger partial charge on any atom is -0.379 e. The highest BCUT2D eigenvalue weighted by Gasteiger charge is 2.42. The van der Waals surface area contributed by atoms with Crippen LogP contribution in [-0.4, -0.2) is 39.6 Å². The molecule has 2 aliphatic rings. The zero-order chi connectivity index (χ0) is 16.0. The Bertz CT molecular complexity index is 585. The lowest BCUT2D eigenvalue weighted by atomic mass is 9.84. The molecule has 1 aromatic rings. The van der Waals surface area contributed by atoms with Gasteiger partial charge in [0.25, 0.3) is 5.91 Å². The fraction of sp³-hybridized carbons (Fsp3) is 0.611. The Labute approximate surface area is 137 Å². The first-order chi connectivity index (χ1) is 10.3. The lowest BCUT2D eigenvalue weighted by molar-refractivity contribution is -0.149. The number of thioether (sulfide) groups is 1. The Morgan fingerprint density at radius 1 is 1.32 bits per heavy atom. The molecule has 1 atom stereocenters. The summed E-state index contributed by atoms with van der Waals surface area (Å²) in [5.74, 6) is 1.34. The zero-order valence-electron chi connectivity index (χ0n) is 13.7. The van der Waals surface area contributed by atoms with E-state index in [9.17, 15) is 9.90 Å². The average Bonchev–Trinajstić information content (AvgIpc) is 2.92. The predicted molar refractivity (Wildman–Crippen MR) is 91.2 cm³/mol. The summed E-state index contributed by atoms with van der Waals surface area (Å²) >= 11 is 1.67. The molecule has 0 aliphatic carbocycles. The minimum absolute atomic E-state index is 0.0793. The Morgan fingerprint density at radius 2 is 2.09 bits per heavy atom. The van der Waals surface area contributed by atoms with Crippen molar-refractivity contribution < 1.29 is 9.90 Å². The molecule has 2 aliphatic heterocycles. The average molecular weight is 319 g/mol. The summed E-state index contributed by atoms with van der Waals surface area (Å²) < 4.78 is 0. The number of aliphatic hydroxyl groups is 1. The molecule has 1 fully saturated rings. The second-order valence-electron chi connectivity index (χ2n) is 7.54. The fourth-order valence-corrected chi connectivity index (χ4v) is 4.45. The third-order valence-corrected chi connectivity index (χ3v) is 5.95. The molecule has 1 saturated heterocycles. The zero-order valence-corrected chi connectivity index (χ0v) is 14.5. The fourth-order valence-electron chi connectivity index (χ4n) is 3.21. The Balaban J connectivity index is 1.82. The van der Waals surface area contributed by atoms with Crippen LogP contribution in [0, 0.1) is 0 Å². The first kappa shape index (κ1) is 15.9. The second kappa shape index (κ2) is 5.57. The number of rotatable bonds is 1. The van der Waals surface area contributed by atoms with Gasteiger partial charge in [0.15, 0.2) is 5.60 Å². The molecule has 1 N–H and O–H groups in total. The van der Waals surface area contributed by atoms with Gasteiger partial charge < -0.3 is 10.0 Å². The van der Waals surface area contributed by atoms with Gasteiger partial charge in [0.05, 0.1) is 0 Å². The molecule has 0 aromatic heterocycles. The molecule has 22 heavy (non-hydrogen) atoms. The maximum absolute atomic E-state index is 12.7. The molecule has 1 amide bonds. The highest BCUT2D eigenvalue weighted by molar-refractivity contribution is 7.99. The lowest BCUT2D eigenvalue weighted by Gasteiger charge is -2.34. The van der Waals surface area contributed by atoms with Gasteiger partial charge in [-0.25, -0.2) is 0 Å². The van der Waals surface area contributed by atoms with Gasteiger partial charge in [-0.2, -0.15) is 11.8 Å². The van der Waals surface area contributed by atoms with E-state index in [4.69, 9.17) is 0 Å². The van der Waals surface area contributed by atoms with Gasteiger partial charge in [-0.1, -0.05) is 39.0 Å². The molecule has 0 bridgehead atoms. The van der Waals surface area contributed by atoms with E-state index in [-0.39, 0.29) is 11.3 Å². The van der Waals surface area contributed by atoms with E-state index in [1.54, 1.807) is 11.8 Å². The van der Waals surface area contributed by atoms with Gasteiger partial charge in [-0.15, -0.1) is 0 Å². The maximum Gasteiger partial charge on any atom is 0.255 e. The Morgan fingerprint density at radius 3 is 2.73 bits per heavy atom. The monoisotopic (exact) mass is 319 g/mol. The number of hydrogen-bond donors (Lipinski definition) is 1. The van der Waals surface area contributed by atoms with Gasteiger partial charge in [0.2, 0.25) is 0 Å². The molecule has 0 saturated carbocycles. The summed E-state index contributed by atoms with van der Waals surface area (Å²) in [6, 6.07) is 6.65. The van der Waals surface area contributed by atoms with Crippen LogP contribution < -0.4 is 0 Å². The Hall–Kier alpha value is -1.000. The molecule has 1 unspecified atom stereocenters. The Kier molecular flexibility index (Phi) is 4.02. The molecule has 3 nitrogen and oxygen atoms in total. The van der Waals surface area contributed by atoms with E-state index in [0.29, 0.717) is 25.3 Å². The van der Waals surface area contributed by atoms with Gasteiger partial charge in [0, 0.05) is 18.8 Å². The van der Waals surface area contributed by atoms with E-state index < -0.39 is 5.60 Å². The van der Waals surface area contributed by atoms with E-state index in [0.717, 1.165) is 12.2 Å². The van der Waals surface area contributed by atoms with Gasteiger partial charge in [-0.3, -0.25) is 4.79 Å². The number of carbonyl (C=O) groups is 1. The highest BCUT2D eigenvalue weighted by atomic mass is 32.2. The smallest absolute Gasteiger partial charge is 0.255 e. The quantitative estimate of drug-likeness (QED) is 0.865. The lowest BCUT2D eigenvalue weighted by Crippen LogP contribution is -2.50. The molecule has 0 spiro atoms. The number of nitrogens with zero attached hydrogens (tertiary/aromatic N) is 1. The summed E-state index contributed by atoms with van der Waals surface area (Å²) in [4.78, 5) is 14.5. The maximum atomic E-state index is 12.7. The van der Waals surface area contributed by atoms with Crippen molar-refractivity contribution in [3.63, 3.8) is 0 Å². The van der Waals surface area contributed by atoms with Crippen LogP contribution in [0.5, 0.6) is 0 Å². The molecular formula is C18H25NO2S. The van der Waals surface area contributed by atoms with Crippen molar-refractivity contribution in [1.82, 2.24) is 4.90 Å². The summed E-state index contributed by atoms with van der Waals surface area (Å²) in [5.41, 5.74) is 2.85. The number of benzene rings is 1. The molecule has 0 radical (unpaired) electrons. The van der Waals surface area contributed by atoms with Gasteiger partial charge in [0.1, 0.15) is 0 Å². The number of hydrogen-bond acceptors (Lipinski definition) is 3. The molecule has 4 heteroatoms. The molecule has 2 heterocycles. The van der Waals surface area contributed by atoms with Crippen LogP contribution in [0.3, 0.4) is 0 Å². The molecular weight excluding hydrogens is 294 g/mol. The summed E-state index contributed by atoms with van der Waals surface area (Å²) in [6.07, 6.45) is 1.47. The SMILES string of the molecule is CC(C)(C)c1ccc2c(c1)CN(C(=O)C1(O)CCSC1)CC2. The van der Waals surface area contributed by atoms with Crippen LogP contribution in [0.1, 0.15) is 43.9 Å². The van der Waals surface area contributed by atoms with Crippen molar-refractivity contribution in [3.05, 3.63) is 34.9 Å². The first-order valence-electron chi connectivity index (χ1n) is 8.01. The largest absolute Gasteiger partial charge is 0.379 e. The second-order valence-corrected chi connectivity index (χ2v) is 8.65. The number of fused-ring (bicyclic) bond motifs is 1. The van der Waals surface area contributed by atoms with E-state index in [1.807, 2.05) is 4.90 Å². The summed E-state index contributed by atoms with van der Waals surface area (Å²) in [5, 5.41) is 10.5. The summed E-state index contributed by atoms with van der Waals surface area (Å²) in [7, 11) is 0. The minimum atomic E-state index is -1.14. The predicted octanol–water partition coefficient (Wildman–Crippen LogP) is 2.74. The van der Waals surface area contributed by atoms with Crippen LogP contribution in [0.15, 0.2) is 18.2 Å². The van der Waals surface area contributed by atoms with E-state index >= 15 is 0 Å². The summed E-state index contributed by atoms with van der Waals surface area (Å²) in [6.45, 7) is 7.97. The van der Waals surface area contributed by atoms with Crippen molar-refractivity contribution >= 4 is 17.7 Å². The van der Waals surface area contributed by atoms with Crippen molar-refractivity contribution in [2.45, 2.75) is 51.2 Å². The van der Waals surface area contributed by atoms with E-state index in [1.165, 1.54) is 16.7 Å². The van der Waals surface area contributed by atoms with Crippen LogP contribution in [0.25, 0.3) is 0 Å².